The molecule has 0 bridgehead atoms. The first-order chi connectivity index (χ1) is 12.4. The lowest BCUT2D eigenvalue weighted by molar-refractivity contribution is -0.134. The number of aromatic nitrogens is 3. The maximum atomic E-state index is 12.8. The van der Waals surface area contributed by atoms with Crippen molar-refractivity contribution in [3.8, 4) is 11.4 Å². The Hall–Kier alpha value is -2.50. The lowest BCUT2D eigenvalue weighted by Crippen LogP contribution is -2.39. The summed E-state index contributed by atoms with van der Waals surface area (Å²) in [7, 11) is 4.01. The fraction of sp³-hybridized carbons (Fsp3) is 0.500. The number of fused-ring (bicyclic) bond motifs is 1. The van der Waals surface area contributed by atoms with Crippen LogP contribution in [0.15, 0.2) is 24.5 Å². The molecule has 136 valence electrons. The van der Waals surface area contributed by atoms with Gasteiger partial charge in [0.2, 0.25) is 5.91 Å². The van der Waals surface area contributed by atoms with Crippen LogP contribution in [0.4, 0.5) is 5.82 Å². The lowest BCUT2D eigenvalue weighted by atomic mass is 10.0. The van der Waals surface area contributed by atoms with E-state index in [2.05, 4.69) is 18.8 Å². The van der Waals surface area contributed by atoms with Crippen LogP contribution in [0, 0.1) is 11.3 Å². The van der Waals surface area contributed by atoms with Crippen LogP contribution >= 0.6 is 0 Å². The molecule has 1 amide bonds. The van der Waals surface area contributed by atoms with E-state index in [4.69, 9.17) is 9.97 Å². The van der Waals surface area contributed by atoms with Crippen molar-refractivity contribution in [1.29, 1.82) is 0 Å². The van der Waals surface area contributed by atoms with Crippen molar-refractivity contribution in [3.05, 3.63) is 35.8 Å². The van der Waals surface area contributed by atoms with Gasteiger partial charge in [-0.15, -0.1) is 0 Å². The van der Waals surface area contributed by atoms with Crippen molar-refractivity contribution in [2.24, 2.45) is 11.3 Å². The smallest absolute Gasteiger partial charge is 0.226 e. The highest BCUT2D eigenvalue weighted by atomic mass is 16.2. The number of carbonyl (C=O) groups excluding carboxylic acids is 1. The Balaban J connectivity index is 1.68. The van der Waals surface area contributed by atoms with Gasteiger partial charge in [0.15, 0.2) is 5.82 Å². The van der Waals surface area contributed by atoms with E-state index in [0.717, 1.165) is 42.0 Å². The molecule has 0 unspecified atom stereocenters. The SMILES string of the molecule is CN(C)c1nc(-c2ccncc2)nc2c1CCN(C(=O)[C@@H]1CC1(C)C)C2. The first kappa shape index (κ1) is 16.9. The van der Waals surface area contributed by atoms with Crippen molar-refractivity contribution < 1.29 is 4.79 Å². The van der Waals surface area contributed by atoms with Crippen LogP contribution in [0.2, 0.25) is 0 Å². The molecule has 26 heavy (non-hydrogen) atoms. The summed E-state index contributed by atoms with van der Waals surface area (Å²) in [6, 6.07) is 3.83. The van der Waals surface area contributed by atoms with E-state index in [0.29, 0.717) is 12.4 Å². The second kappa shape index (κ2) is 6.04. The lowest BCUT2D eigenvalue weighted by Gasteiger charge is -2.31. The van der Waals surface area contributed by atoms with Crippen LogP contribution < -0.4 is 4.90 Å². The molecular formula is C20H25N5O. The van der Waals surface area contributed by atoms with Crippen molar-refractivity contribution in [1.82, 2.24) is 19.9 Å². The minimum Gasteiger partial charge on any atom is -0.362 e. The fourth-order valence-electron chi connectivity index (χ4n) is 3.71. The van der Waals surface area contributed by atoms with Gasteiger partial charge in [-0.2, -0.15) is 0 Å². The molecule has 1 saturated carbocycles. The summed E-state index contributed by atoms with van der Waals surface area (Å²) in [4.78, 5) is 30.5. The summed E-state index contributed by atoms with van der Waals surface area (Å²) in [6.07, 6.45) is 5.29. The Morgan fingerprint density at radius 3 is 2.54 bits per heavy atom. The quantitative estimate of drug-likeness (QED) is 0.850. The average Bonchev–Trinajstić information content (AvgIpc) is 3.28. The molecule has 2 aromatic heterocycles. The number of nitrogens with zero attached hydrogens (tertiary/aromatic N) is 5. The predicted octanol–water partition coefficient (Wildman–Crippen LogP) is 2.54. The number of pyridine rings is 1. The highest BCUT2D eigenvalue weighted by Crippen LogP contribution is 2.52. The zero-order chi connectivity index (χ0) is 18.5. The highest BCUT2D eigenvalue weighted by molar-refractivity contribution is 5.83. The topological polar surface area (TPSA) is 62.2 Å². The Bertz CT molecular complexity index is 847. The molecule has 2 aliphatic rings. The number of carbonyl (C=O) groups is 1. The van der Waals surface area contributed by atoms with Crippen LogP contribution in [0.25, 0.3) is 11.4 Å². The molecule has 0 aromatic carbocycles. The standard InChI is InChI=1S/C20H25N5O/c1-20(2)11-15(20)19(26)25-10-7-14-16(12-25)22-17(23-18(14)24(3)4)13-5-8-21-9-6-13/h5-6,8-9,15H,7,10-12H2,1-4H3/t15-/m0/s1. The molecule has 1 atom stereocenters. The molecule has 1 aliphatic heterocycles. The van der Waals surface area contributed by atoms with Crippen molar-refractivity contribution in [2.45, 2.75) is 33.2 Å². The summed E-state index contributed by atoms with van der Waals surface area (Å²) in [5.41, 5.74) is 3.22. The highest BCUT2D eigenvalue weighted by Gasteiger charge is 2.52. The molecular weight excluding hydrogens is 326 g/mol. The normalized spacial score (nSPS) is 20.5. The summed E-state index contributed by atoms with van der Waals surface area (Å²) < 4.78 is 0. The average molecular weight is 351 g/mol. The summed E-state index contributed by atoms with van der Waals surface area (Å²) >= 11 is 0. The number of hydrogen-bond acceptors (Lipinski definition) is 5. The third-order valence-electron chi connectivity index (χ3n) is 5.53. The Morgan fingerprint density at radius 2 is 1.92 bits per heavy atom. The first-order valence-corrected chi connectivity index (χ1v) is 9.13. The zero-order valence-corrected chi connectivity index (χ0v) is 15.9. The molecule has 0 N–H and O–H groups in total. The van der Waals surface area contributed by atoms with E-state index in [1.54, 1.807) is 12.4 Å². The Morgan fingerprint density at radius 1 is 1.23 bits per heavy atom. The van der Waals surface area contributed by atoms with E-state index in [1.165, 1.54) is 0 Å². The second-order valence-corrected chi connectivity index (χ2v) is 8.18. The van der Waals surface area contributed by atoms with Gasteiger partial charge < -0.3 is 9.80 Å². The van der Waals surface area contributed by atoms with E-state index in [1.807, 2.05) is 36.0 Å². The maximum Gasteiger partial charge on any atom is 0.226 e. The molecule has 6 nitrogen and oxygen atoms in total. The Kier molecular flexibility index (Phi) is 3.93. The molecule has 0 radical (unpaired) electrons. The Labute approximate surface area is 154 Å². The number of hydrogen-bond donors (Lipinski definition) is 0. The van der Waals surface area contributed by atoms with Gasteiger partial charge in [-0.05, 0) is 30.4 Å². The van der Waals surface area contributed by atoms with Crippen molar-refractivity contribution in [2.75, 3.05) is 25.5 Å². The third kappa shape index (κ3) is 2.93. The molecule has 1 fully saturated rings. The molecule has 2 aromatic rings. The summed E-state index contributed by atoms with van der Waals surface area (Å²) in [5.74, 6) is 2.08. The van der Waals surface area contributed by atoms with Gasteiger partial charge in [-0.1, -0.05) is 13.8 Å². The van der Waals surface area contributed by atoms with E-state index >= 15 is 0 Å². The van der Waals surface area contributed by atoms with Gasteiger partial charge in [-0.25, -0.2) is 9.97 Å². The molecule has 3 heterocycles. The van der Waals surface area contributed by atoms with Gasteiger partial charge in [-0.3, -0.25) is 9.78 Å². The summed E-state index contributed by atoms with van der Waals surface area (Å²) in [5, 5.41) is 0. The minimum atomic E-state index is 0.153. The monoisotopic (exact) mass is 351 g/mol. The minimum absolute atomic E-state index is 0.153. The molecule has 1 aliphatic carbocycles. The molecule has 0 saturated heterocycles. The van der Waals surface area contributed by atoms with Crippen LogP contribution in [0.5, 0.6) is 0 Å². The van der Waals surface area contributed by atoms with Gasteiger partial charge in [0.05, 0.1) is 12.2 Å². The molecule has 6 heteroatoms. The zero-order valence-electron chi connectivity index (χ0n) is 15.9. The fourth-order valence-corrected chi connectivity index (χ4v) is 3.71. The van der Waals surface area contributed by atoms with Crippen molar-refractivity contribution >= 4 is 11.7 Å². The van der Waals surface area contributed by atoms with Crippen LogP contribution in [-0.2, 0) is 17.8 Å². The largest absolute Gasteiger partial charge is 0.362 e. The van der Waals surface area contributed by atoms with E-state index in [-0.39, 0.29) is 17.2 Å². The van der Waals surface area contributed by atoms with Crippen LogP contribution in [-0.4, -0.2) is 46.4 Å². The van der Waals surface area contributed by atoms with Crippen LogP contribution in [0.1, 0.15) is 31.5 Å². The van der Waals surface area contributed by atoms with Crippen molar-refractivity contribution in [3.63, 3.8) is 0 Å². The van der Waals surface area contributed by atoms with Crippen LogP contribution in [0.3, 0.4) is 0 Å². The van der Waals surface area contributed by atoms with Gasteiger partial charge >= 0.3 is 0 Å². The summed E-state index contributed by atoms with van der Waals surface area (Å²) in [6.45, 7) is 5.65. The molecule has 4 rings (SSSR count). The predicted molar refractivity (Wildman–Crippen MR) is 101 cm³/mol. The first-order valence-electron chi connectivity index (χ1n) is 9.13. The van der Waals surface area contributed by atoms with E-state index in [9.17, 15) is 4.79 Å². The number of anilines is 1. The number of amides is 1. The van der Waals surface area contributed by atoms with E-state index < -0.39 is 0 Å². The van der Waals surface area contributed by atoms with Gasteiger partial charge in [0.1, 0.15) is 5.82 Å². The number of rotatable bonds is 3. The van der Waals surface area contributed by atoms with Gasteiger partial charge in [0.25, 0.3) is 0 Å². The maximum absolute atomic E-state index is 12.8. The van der Waals surface area contributed by atoms with Gasteiger partial charge in [0, 0.05) is 50.1 Å². The molecule has 0 spiro atoms. The third-order valence-corrected chi connectivity index (χ3v) is 5.53. The second-order valence-electron chi connectivity index (χ2n) is 8.18.